The van der Waals surface area contributed by atoms with Crippen LogP contribution in [-0.4, -0.2) is 35.7 Å². The molecule has 4 rings (SSSR count). The van der Waals surface area contributed by atoms with Crippen molar-refractivity contribution >= 4 is 11.9 Å². The van der Waals surface area contributed by atoms with Gasteiger partial charge < -0.3 is 9.47 Å². The third-order valence-electron chi connectivity index (χ3n) is 6.73. The molecule has 0 spiro atoms. The Kier molecular flexibility index (Phi) is 9.05. The first-order valence-corrected chi connectivity index (χ1v) is 13.0. The van der Waals surface area contributed by atoms with Gasteiger partial charge in [-0.25, -0.2) is 14.6 Å². The number of carbonyl (C=O) groups excluding carboxylic acids is 2. The van der Waals surface area contributed by atoms with Crippen LogP contribution in [0.2, 0.25) is 0 Å². The van der Waals surface area contributed by atoms with Crippen LogP contribution >= 0.6 is 0 Å². The molecule has 4 aromatic rings. The van der Waals surface area contributed by atoms with Crippen molar-refractivity contribution in [3.05, 3.63) is 123 Å². The molecule has 0 saturated carbocycles. The van der Waals surface area contributed by atoms with Crippen molar-refractivity contribution in [2.45, 2.75) is 39.2 Å². The number of nitrogens with zero attached hydrogens (tertiary/aromatic N) is 2. The van der Waals surface area contributed by atoms with E-state index < -0.39 is 5.97 Å². The molecule has 0 radical (unpaired) electrons. The number of methoxy groups -OCH3 is 2. The van der Waals surface area contributed by atoms with E-state index in [9.17, 15) is 14.4 Å². The van der Waals surface area contributed by atoms with E-state index in [0.717, 1.165) is 35.2 Å². The van der Waals surface area contributed by atoms with Crippen molar-refractivity contribution in [3.63, 3.8) is 0 Å². The number of hydrogen-bond donors (Lipinski definition) is 0. The Morgan fingerprint density at radius 3 is 2.18 bits per heavy atom. The normalized spacial score (nSPS) is 10.7. The highest BCUT2D eigenvalue weighted by Gasteiger charge is 2.17. The van der Waals surface area contributed by atoms with Gasteiger partial charge in [0.25, 0.3) is 5.56 Å². The van der Waals surface area contributed by atoms with Gasteiger partial charge in [0.15, 0.2) is 0 Å². The molecule has 0 fully saturated rings. The average molecular weight is 525 g/mol. The van der Waals surface area contributed by atoms with Crippen molar-refractivity contribution in [2.75, 3.05) is 14.2 Å². The molecule has 0 aliphatic carbocycles. The van der Waals surface area contributed by atoms with Crippen LogP contribution in [0, 0.1) is 0 Å². The summed E-state index contributed by atoms with van der Waals surface area (Å²) in [7, 11) is 2.71. The van der Waals surface area contributed by atoms with Gasteiger partial charge in [-0.2, -0.15) is 0 Å². The first-order chi connectivity index (χ1) is 19.0. The van der Waals surface area contributed by atoms with Gasteiger partial charge in [-0.3, -0.25) is 9.36 Å². The van der Waals surface area contributed by atoms with Crippen LogP contribution in [0.5, 0.6) is 0 Å². The Labute approximate surface area is 228 Å². The number of rotatable bonds is 10. The topological polar surface area (TPSA) is 87.5 Å². The summed E-state index contributed by atoms with van der Waals surface area (Å²) in [5.74, 6) is -0.833. The van der Waals surface area contributed by atoms with E-state index in [-0.39, 0.29) is 18.1 Å². The fraction of sp³-hybridized carbons (Fsp3) is 0.250. The summed E-state index contributed by atoms with van der Waals surface area (Å²) >= 11 is 0. The van der Waals surface area contributed by atoms with E-state index in [1.54, 1.807) is 35.2 Å². The van der Waals surface area contributed by atoms with Crippen molar-refractivity contribution in [1.82, 2.24) is 9.55 Å². The van der Waals surface area contributed by atoms with Crippen LogP contribution in [0.4, 0.5) is 0 Å². The van der Waals surface area contributed by atoms with Gasteiger partial charge in [-0.05, 0) is 47.2 Å². The van der Waals surface area contributed by atoms with Crippen LogP contribution < -0.4 is 5.56 Å². The van der Waals surface area contributed by atoms with Crippen LogP contribution in [-0.2, 0) is 28.9 Å². The Balaban J connectivity index is 1.67. The number of aromatic nitrogens is 2. The largest absolute Gasteiger partial charge is 0.465 e. The molecule has 7 heteroatoms. The van der Waals surface area contributed by atoms with Crippen molar-refractivity contribution in [1.29, 1.82) is 0 Å². The average Bonchev–Trinajstić information content (AvgIpc) is 2.98. The Hall–Kier alpha value is -4.52. The maximum atomic E-state index is 13.7. The number of unbranched alkanes of at least 4 members (excludes halogenated alkanes) is 1. The fourth-order valence-electron chi connectivity index (χ4n) is 4.60. The number of esters is 2. The highest BCUT2D eigenvalue weighted by atomic mass is 16.5. The molecule has 0 bridgehead atoms. The molecule has 39 heavy (non-hydrogen) atoms. The predicted octanol–water partition coefficient (Wildman–Crippen LogP) is 5.47. The second-order valence-electron chi connectivity index (χ2n) is 9.27. The quantitative estimate of drug-likeness (QED) is 0.256. The molecule has 7 nitrogen and oxygen atoms in total. The zero-order valence-electron chi connectivity index (χ0n) is 22.5. The van der Waals surface area contributed by atoms with Gasteiger partial charge in [0, 0.05) is 12.0 Å². The molecule has 0 unspecified atom stereocenters. The maximum absolute atomic E-state index is 13.7. The van der Waals surface area contributed by atoms with Gasteiger partial charge in [-0.15, -0.1) is 0 Å². The molecule has 0 amide bonds. The second kappa shape index (κ2) is 12.8. The second-order valence-corrected chi connectivity index (χ2v) is 9.27. The van der Waals surface area contributed by atoms with E-state index in [1.165, 1.54) is 14.2 Å². The highest BCUT2D eigenvalue weighted by molar-refractivity contribution is 5.97. The first-order valence-electron chi connectivity index (χ1n) is 13.0. The summed E-state index contributed by atoms with van der Waals surface area (Å²) in [6.07, 6.45) is 4.62. The van der Waals surface area contributed by atoms with Crippen molar-refractivity contribution < 1.29 is 19.1 Å². The van der Waals surface area contributed by atoms with Crippen molar-refractivity contribution in [2.24, 2.45) is 0 Å². The summed E-state index contributed by atoms with van der Waals surface area (Å²) in [4.78, 5) is 42.8. The van der Waals surface area contributed by atoms with Gasteiger partial charge in [0.1, 0.15) is 0 Å². The number of carbonyl (C=O) groups is 2. The molecule has 0 N–H and O–H groups in total. The summed E-state index contributed by atoms with van der Waals surface area (Å²) in [6, 6.07) is 22.2. The van der Waals surface area contributed by atoms with Gasteiger partial charge in [0.2, 0.25) is 0 Å². The number of ether oxygens (including phenoxy) is 2. The molecule has 0 aliphatic rings. The van der Waals surface area contributed by atoms with Gasteiger partial charge >= 0.3 is 11.9 Å². The van der Waals surface area contributed by atoms with E-state index in [0.29, 0.717) is 35.1 Å². The summed E-state index contributed by atoms with van der Waals surface area (Å²) in [6.45, 7) is 2.32. The minimum atomic E-state index is -0.444. The predicted molar refractivity (Wildman–Crippen MR) is 150 cm³/mol. The van der Waals surface area contributed by atoms with Crippen LogP contribution in [0.25, 0.3) is 11.1 Å². The SMILES string of the molecule is CCCCc1ncn(Cc2ccccc2C(=O)OC)c(=O)c1Cc1ccc(-c2ccccc2C(=O)OC)cc1. The Morgan fingerprint density at radius 2 is 1.49 bits per heavy atom. The third kappa shape index (κ3) is 6.32. The van der Waals surface area contributed by atoms with Crippen LogP contribution in [0.15, 0.2) is 83.9 Å². The Bertz CT molecular complexity index is 1520. The van der Waals surface area contributed by atoms with Gasteiger partial charge in [-0.1, -0.05) is 74.0 Å². The molecule has 0 aliphatic heterocycles. The lowest BCUT2D eigenvalue weighted by Crippen LogP contribution is -2.27. The lowest BCUT2D eigenvalue weighted by Gasteiger charge is -2.14. The molecule has 0 saturated heterocycles. The zero-order chi connectivity index (χ0) is 27.8. The molecule has 0 atom stereocenters. The monoisotopic (exact) mass is 524 g/mol. The molecular formula is C32H32N2O5. The fourth-order valence-corrected chi connectivity index (χ4v) is 4.60. The lowest BCUT2D eigenvalue weighted by molar-refractivity contribution is 0.0591. The number of hydrogen-bond acceptors (Lipinski definition) is 6. The standard InChI is InChI=1S/C32H32N2O5/c1-4-5-14-29-28(30(35)34(21-33-29)20-24-10-6-7-12-26(24)31(36)38-2)19-22-15-17-23(18-16-22)25-11-8-9-13-27(25)32(37)39-3/h6-13,15-18,21H,4-5,14,19-20H2,1-3H3. The Morgan fingerprint density at radius 1 is 0.846 bits per heavy atom. The van der Waals surface area contributed by atoms with E-state index in [2.05, 4.69) is 11.9 Å². The maximum Gasteiger partial charge on any atom is 0.338 e. The summed E-state index contributed by atoms with van der Waals surface area (Å²) < 4.78 is 11.4. The van der Waals surface area contributed by atoms with Crippen LogP contribution in [0.3, 0.4) is 0 Å². The smallest absolute Gasteiger partial charge is 0.338 e. The molecular weight excluding hydrogens is 492 g/mol. The highest BCUT2D eigenvalue weighted by Crippen LogP contribution is 2.25. The van der Waals surface area contributed by atoms with Crippen molar-refractivity contribution in [3.8, 4) is 11.1 Å². The third-order valence-corrected chi connectivity index (χ3v) is 6.73. The van der Waals surface area contributed by atoms with E-state index in [4.69, 9.17) is 9.47 Å². The number of benzene rings is 3. The molecule has 1 aromatic heterocycles. The lowest BCUT2D eigenvalue weighted by atomic mass is 9.96. The first kappa shape index (κ1) is 27.5. The van der Waals surface area contributed by atoms with Gasteiger partial charge in [0.05, 0.1) is 43.9 Å². The van der Waals surface area contributed by atoms with E-state index in [1.807, 2.05) is 48.5 Å². The zero-order valence-corrected chi connectivity index (χ0v) is 22.5. The van der Waals surface area contributed by atoms with Crippen LogP contribution in [0.1, 0.15) is 62.9 Å². The summed E-state index contributed by atoms with van der Waals surface area (Å²) in [5, 5.41) is 0. The minimum absolute atomic E-state index is 0.129. The molecule has 3 aromatic carbocycles. The minimum Gasteiger partial charge on any atom is -0.465 e. The summed E-state index contributed by atoms with van der Waals surface area (Å²) in [5.41, 5.74) is 5.54. The number of aryl methyl sites for hydroxylation is 1. The van der Waals surface area contributed by atoms with E-state index >= 15 is 0 Å². The molecule has 200 valence electrons. The molecule has 1 heterocycles.